The van der Waals surface area contributed by atoms with Crippen LogP contribution in [0.15, 0.2) is 59.9 Å². The van der Waals surface area contributed by atoms with Crippen LogP contribution in [0.1, 0.15) is 32.8 Å². The molecular weight excluding hydrogens is 494 g/mol. The molecule has 7 rings (SSSR count). The van der Waals surface area contributed by atoms with Crippen molar-refractivity contribution in [1.29, 1.82) is 5.26 Å². The molecule has 2 bridgehead atoms. The number of hydrogen-bond acceptors (Lipinski definition) is 7. The predicted octanol–water partition coefficient (Wildman–Crippen LogP) is 3.83. The second-order valence-corrected chi connectivity index (χ2v) is 11.2. The SMILES string of the molecule is Cn1ccc(-c2cc(-c3ccc(N4CC5CC(C4)N5C(=O)OC(C)(C)C)nc3)c3c(C#N)cnn3c2)cc1=O. The van der Waals surface area contributed by atoms with Crippen LogP contribution in [-0.4, -0.2) is 60.9 Å². The molecule has 3 saturated heterocycles. The van der Waals surface area contributed by atoms with Gasteiger partial charge in [0.1, 0.15) is 17.5 Å². The summed E-state index contributed by atoms with van der Waals surface area (Å²) in [6.07, 6.45) is 7.63. The Morgan fingerprint density at radius 3 is 2.49 bits per heavy atom. The van der Waals surface area contributed by atoms with E-state index in [4.69, 9.17) is 9.72 Å². The molecule has 198 valence electrons. The molecule has 0 radical (unpaired) electrons. The Morgan fingerprint density at radius 1 is 1.08 bits per heavy atom. The first-order valence-corrected chi connectivity index (χ1v) is 12.9. The third-order valence-electron chi connectivity index (χ3n) is 7.35. The maximum Gasteiger partial charge on any atom is 0.410 e. The molecule has 7 heterocycles. The molecule has 2 unspecified atom stereocenters. The standard InChI is InChI=1S/C29H29N7O3/c1-29(2,3)39-28(38)36-22-11-23(36)17-34(16-22)25-6-5-19(13-31-25)24-9-20(18-7-8-33(4)26(37)10-18)15-35-27(24)21(12-30)14-32-35/h5-10,13-15,22-23H,11,16-17H2,1-4H3. The first-order chi connectivity index (χ1) is 18.6. The molecule has 0 N–H and O–H groups in total. The van der Waals surface area contributed by atoms with Gasteiger partial charge in [-0.05, 0) is 57.0 Å². The second kappa shape index (κ2) is 8.98. The second-order valence-electron chi connectivity index (χ2n) is 11.2. The van der Waals surface area contributed by atoms with Crippen LogP contribution in [0, 0.1) is 11.3 Å². The highest BCUT2D eigenvalue weighted by atomic mass is 16.6. The zero-order chi connectivity index (χ0) is 27.5. The molecule has 10 heteroatoms. The van der Waals surface area contributed by atoms with Crippen molar-refractivity contribution in [2.75, 3.05) is 18.0 Å². The van der Waals surface area contributed by atoms with Crippen LogP contribution in [0.25, 0.3) is 27.8 Å². The van der Waals surface area contributed by atoms with Gasteiger partial charge in [-0.3, -0.25) is 9.69 Å². The number of nitrogens with zero attached hydrogens (tertiary/aromatic N) is 7. The lowest BCUT2D eigenvalue weighted by Crippen LogP contribution is -2.70. The van der Waals surface area contributed by atoms with E-state index in [2.05, 4.69) is 16.1 Å². The number of rotatable bonds is 3. The molecule has 2 atom stereocenters. The fourth-order valence-electron chi connectivity index (χ4n) is 5.45. The summed E-state index contributed by atoms with van der Waals surface area (Å²) in [4.78, 5) is 33.7. The van der Waals surface area contributed by atoms with Crippen molar-refractivity contribution >= 4 is 17.4 Å². The van der Waals surface area contributed by atoms with E-state index in [0.29, 0.717) is 24.2 Å². The summed E-state index contributed by atoms with van der Waals surface area (Å²) >= 11 is 0. The topological polar surface area (TPSA) is 109 Å². The number of aromatic nitrogens is 4. The fraction of sp³-hybridized carbons (Fsp3) is 0.345. The first-order valence-electron chi connectivity index (χ1n) is 12.9. The van der Waals surface area contributed by atoms with Gasteiger partial charge in [-0.25, -0.2) is 14.3 Å². The lowest BCUT2D eigenvalue weighted by Gasteiger charge is -2.56. The lowest BCUT2D eigenvalue weighted by molar-refractivity contribution is -0.0380. The predicted molar refractivity (Wildman–Crippen MR) is 146 cm³/mol. The van der Waals surface area contributed by atoms with E-state index in [1.54, 1.807) is 36.2 Å². The minimum atomic E-state index is -0.516. The molecule has 0 saturated carbocycles. The largest absolute Gasteiger partial charge is 0.444 e. The highest BCUT2D eigenvalue weighted by Crippen LogP contribution is 2.36. The van der Waals surface area contributed by atoms with Crippen molar-refractivity contribution in [2.45, 2.75) is 44.9 Å². The van der Waals surface area contributed by atoms with Crippen LogP contribution >= 0.6 is 0 Å². The number of anilines is 1. The molecule has 1 amide bonds. The maximum atomic E-state index is 12.6. The zero-order valence-electron chi connectivity index (χ0n) is 22.3. The number of pyridine rings is 3. The Balaban J connectivity index is 1.29. The van der Waals surface area contributed by atoms with Crippen molar-refractivity contribution in [2.24, 2.45) is 7.05 Å². The van der Waals surface area contributed by atoms with E-state index >= 15 is 0 Å². The van der Waals surface area contributed by atoms with Crippen molar-refractivity contribution in [3.05, 3.63) is 71.0 Å². The van der Waals surface area contributed by atoms with Gasteiger partial charge in [-0.1, -0.05) is 0 Å². The van der Waals surface area contributed by atoms with Gasteiger partial charge in [0.25, 0.3) is 5.56 Å². The molecule has 0 aliphatic carbocycles. The van der Waals surface area contributed by atoms with Gasteiger partial charge in [-0.2, -0.15) is 10.4 Å². The number of ether oxygens (including phenoxy) is 1. The van der Waals surface area contributed by atoms with Crippen LogP contribution < -0.4 is 10.5 Å². The first kappa shape index (κ1) is 24.7. The summed E-state index contributed by atoms with van der Waals surface area (Å²) in [5.41, 5.74) is 3.74. The highest BCUT2D eigenvalue weighted by Gasteiger charge is 2.49. The van der Waals surface area contributed by atoms with E-state index in [9.17, 15) is 14.9 Å². The molecule has 0 spiro atoms. The van der Waals surface area contributed by atoms with E-state index in [1.165, 1.54) is 4.57 Å². The number of carbonyl (C=O) groups excluding carboxylic acids is 1. The Morgan fingerprint density at radius 2 is 1.85 bits per heavy atom. The van der Waals surface area contributed by atoms with Gasteiger partial charge < -0.3 is 14.2 Å². The summed E-state index contributed by atoms with van der Waals surface area (Å²) < 4.78 is 8.79. The molecule has 10 nitrogen and oxygen atoms in total. The van der Waals surface area contributed by atoms with Crippen molar-refractivity contribution in [3.63, 3.8) is 0 Å². The maximum absolute atomic E-state index is 12.6. The average molecular weight is 524 g/mol. The quantitative estimate of drug-likeness (QED) is 0.401. The van der Waals surface area contributed by atoms with Crippen molar-refractivity contribution < 1.29 is 9.53 Å². The van der Waals surface area contributed by atoms with Crippen LogP contribution in [0.2, 0.25) is 0 Å². The van der Waals surface area contributed by atoms with Gasteiger partial charge in [0.15, 0.2) is 0 Å². The van der Waals surface area contributed by atoms with Crippen molar-refractivity contribution in [3.8, 4) is 28.3 Å². The number of nitriles is 1. The normalized spacial score (nSPS) is 18.5. The molecule has 39 heavy (non-hydrogen) atoms. The highest BCUT2D eigenvalue weighted by molar-refractivity contribution is 5.87. The Bertz CT molecular complexity index is 1680. The van der Waals surface area contributed by atoms with Crippen LogP contribution in [0.5, 0.6) is 0 Å². The average Bonchev–Trinajstić information content (AvgIpc) is 3.32. The third kappa shape index (κ3) is 4.40. The van der Waals surface area contributed by atoms with Gasteiger partial charge in [0.2, 0.25) is 0 Å². The van der Waals surface area contributed by atoms with E-state index in [0.717, 1.165) is 34.5 Å². The summed E-state index contributed by atoms with van der Waals surface area (Å²) in [6, 6.07) is 11.9. The van der Waals surface area contributed by atoms with E-state index < -0.39 is 5.60 Å². The number of fused-ring (bicyclic) bond motifs is 3. The van der Waals surface area contributed by atoms with Crippen LogP contribution in [0.4, 0.5) is 10.6 Å². The molecule has 0 aromatic carbocycles. The Hall–Kier alpha value is -4.65. The number of piperazine rings is 1. The summed E-state index contributed by atoms with van der Waals surface area (Å²) in [5.74, 6) is 0.838. The number of amides is 1. The van der Waals surface area contributed by atoms with Gasteiger partial charge in [0, 0.05) is 61.5 Å². The lowest BCUT2D eigenvalue weighted by atomic mass is 9.88. The van der Waals surface area contributed by atoms with Crippen LogP contribution in [-0.2, 0) is 11.8 Å². The molecule has 3 fully saturated rings. The van der Waals surface area contributed by atoms with Gasteiger partial charge >= 0.3 is 6.09 Å². The monoisotopic (exact) mass is 523 g/mol. The zero-order valence-corrected chi connectivity index (χ0v) is 22.3. The minimum absolute atomic E-state index is 0.108. The van der Waals surface area contributed by atoms with Crippen LogP contribution in [0.3, 0.4) is 0 Å². The summed E-state index contributed by atoms with van der Waals surface area (Å²) in [7, 11) is 1.71. The van der Waals surface area contributed by atoms with E-state index in [-0.39, 0.29) is 23.7 Å². The fourth-order valence-corrected chi connectivity index (χ4v) is 5.45. The minimum Gasteiger partial charge on any atom is -0.444 e. The van der Waals surface area contributed by atoms with Gasteiger partial charge in [0.05, 0.1) is 29.4 Å². The third-order valence-corrected chi connectivity index (χ3v) is 7.35. The number of aryl methyl sites for hydroxylation is 1. The molecule has 3 aliphatic rings. The molecule has 4 aromatic rings. The number of piperidine rings is 1. The summed E-state index contributed by atoms with van der Waals surface area (Å²) in [6.45, 7) is 7.04. The molecule has 4 aromatic heterocycles. The van der Waals surface area contributed by atoms with Gasteiger partial charge in [-0.15, -0.1) is 0 Å². The Kier molecular flexibility index (Phi) is 5.68. The number of carbonyl (C=O) groups is 1. The smallest absolute Gasteiger partial charge is 0.410 e. The molecule has 3 aliphatic heterocycles. The molecular formula is C29H29N7O3. The van der Waals surface area contributed by atoms with E-state index in [1.807, 2.05) is 56.1 Å². The number of hydrogen-bond donors (Lipinski definition) is 0. The summed E-state index contributed by atoms with van der Waals surface area (Å²) in [5, 5.41) is 14.1. The van der Waals surface area contributed by atoms with Crippen molar-refractivity contribution in [1.82, 2.24) is 24.1 Å². The Labute approximate surface area is 225 Å².